The van der Waals surface area contributed by atoms with E-state index in [1.54, 1.807) is 0 Å². The number of hydrogen-bond donors (Lipinski definition) is 2. The van der Waals surface area contributed by atoms with Gasteiger partial charge in [0, 0.05) is 11.3 Å². The van der Waals surface area contributed by atoms with Gasteiger partial charge in [0.15, 0.2) is 0 Å². The molecule has 1 fully saturated rings. The summed E-state index contributed by atoms with van der Waals surface area (Å²) in [6.07, 6.45) is 2.46. The third-order valence-corrected chi connectivity index (χ3v) is 4.86. The quantitative estimate of drug-likeness (QED) is 0.791. The Hall–Kier alpha value is -2.56. The van der Waals surface area contributed by atoms with Crippen LogP contribution in [0.25, 0.3) is 10.8 Å². The Kier molecular flexibility index (Phi) is 5.53. The van der Waals surface area contributed by atoms with Crippen molar-refractivity contribution in [3.05, 3.63) is 42.5 Å². The van der Waals surface area contributed by atoms with E-state index in [-0.39, 0.29) is 17.7 Å². The van der Waals surface area contributed by atoms with Crippen molar-refractivity contribution in [3.8, 4) is 5.75 Å². The molecule has 0 aromatic heterocycles. The number of benzene rings is 2. The van der Waals surface area contributed by atoms with Gasteiger partial charge in [-0.2, -0.15) is 0 Å². The van der Waals surface area contributed by atoms with Crippen LogP contribution in [0, 0.1) is 11.8 Å². The van der Waals surface area contributed by atoms with Gasteiger partial charge in [0.05, 0.1) is 12.5 Å². The van der Waals surface area contributed by atoms with Crippen LogP contribution in [0.4, 0.5) is 0 Å². The number of fused-ring (bicyclic) bond motifs is 1. The summed E-state index contributed by atoms with van der Waals surface area (Å²) in [6.45, 7) is 0.852. The third-order valence-electron chi connectivity index (χ3n) is 4.86. The molecule has 1 saturated carbocycles. The predicted octanol–water partition coefficient (Wildman–Crippen LogP) is 3.23. The molecule has 0 saturated heterocycles. The highest BCUT2D eigenvalue weighted by atomic mass is 16.5. The van der Waals surface area contributed by atoms with E-state index in [2.05, 4.69) is 5.32 Å². The molecule has 0 radical (unpaired) electrons. The number of carboxylic acids is 1. The predicted molar refractivity (Wildman–Crippen MR) is 95.5 cm³/mol. The van der Waals surface area contributed by atoms with Crippen LogP contribution in [0.1, 0.15) is 25.7 Å². The number of rotatable bonds is 6. The molecule has 0 aliphatic heterocycles. The Labute approximate surface area is 147 Å². The fourth-order valence-electron chi connectivity index (χ4n) is 3.40. The van der Waals surface area contributed by atoms with Gasteiger partial charge in [0.2, 0.25) is 5.91 Å². The molecule has 0 atom stereocenters. The summed E-state index contributed by atoms with van der Waals surface area (Å²) in [7, 11) is 0. The van der Waals surface area contributed by atoms with Gasteiger partial charge < -0.3 is 15.2 Å². The van der Waals surface area contributed by atoms with E-state index in [4.69, 9.17) is 9.84 Å². The van der Waals surface area contributed by atoms with E-state index in [0.29, 0.717) is 38.8 Å². The lowest BCUT2D eigenvalue weighted by atomic mass is 9.81. The van der Waals surface area contributed by atoms with Gasteiger partial charge in [0.1, 0.15) is 12.4 Å². The topological polar surface area (TPSA) is 75.6 Å². The minimum Gasteiger partial charge on any atom is -0.491 e. The van der Waals surface area contributed by atoms with E-state index in [0.717, 1.165) is 16.5 Å². The highest BCUT2D eigenvalue weighted by Crippen LogP contribution is 2.29. The van der Waals surface area contributed by atoms with Crippen LogP contribution in [-0.2, 0) is 9.59 Å². The van der Waals surface area contributed by atoms with Crippen LogP contribution in [0.5, 0.6) is 5.75 Å². The molecule has 25 heavy (non-hydrogen) atoms. The maximum absolute atomic E-state index is 12.2. The molecule has 0 heterocycles. The molecule has 0 spiro atoms. The Balaban J connectivity index is 1.44. The van der Waals surface area contributed by atoms with E-state index in [9.17, 15) is 9.59 Å². The average Bonchev–Trinajstić information content (AvgIpc) is 2.65. The molecule has 3 rings (SSSR count). The van der Waals surface area contributed by atoms with Crippen LogP contribution in [0.15, 0.2) is 42.5 Å². The van der Waals surface area contributed by atoms with E-state index in [1.807, 2.05) is 42.5 Å². The first-order chi connectivity index (χ1) is 12.1. The van der Waals surface area contributed by atoms with E-state index >= 15 is 0 Å². The molecule has 2 aromatic rings. The number of carboxylic acid groups (broad SMARTS) is 1. The van der Waals surface area contributed by atoms with Gasteiger partial charge in [-0.15, -0.1) is 0 Å². The zero-order valence-electron chi connectivity index (χ0n) is 14.1. The van der Waals surface area contributed by atoms with Crippen molar-refractivity contribution in [1.29, 1.82) is 0 Å². The number of carbonyl (C=O) groups is 2. The fourth-order valence-corrected chi connectivity index (χ4v) is 3.40. The molecule has 2 aromatic carbocycles. The summed E-state index contributed by atoms with van der Waals surface area (Å²) in [5.74, 6) is -0.297. The summed E-state index contributed by atoms with van der Waals surface area (Å²) in [4.78, 5) is 23.1. The normalized spacial score (nSPS) is 20.2. The van der Waals surface area contributed by atoms with Gasteiger partial charge in [-0.1, -0.05) is 36.4 Å². The lowest BCUT2D eigenvalue weighted by Crippen LogP contribution is -2.36. The van der Waals surface area contributed by atoms with Crippen molar-refractivity contribution in [2.24, 2.45) is 11.8 Å². The van der Waals surface area contributed by atoms with Gasteiger partial charge in [0.25, 0.3) is 0 Å². The highest BCUT2D eigenvalue weighted by Gasteiger charge is 2.29. The zero-order valence-corrected chi connectivity index (χ0v) is 14.1. The molecular weight excluding hydrogens is 318 g/mol. The number of amides is 1. The second-order valence-corrected chi connectivity index (χ2v) is 6.50. The summed E-state index contributed by atoms with van der Waals surface area (Å²) in [5.41, 5.74) is 0. The summed E-state index contributed by atoms with van der Waals surface area (Å²) >= 11 is 0. The van der Waals surface area contributed by atoms with Crippen molar-refractivity contribution in [2.45, 2.75) is 25.7 Å². The van der Waals surface area contributed by atoms with Crippen LogP contribution in [0.2, 0.25) is 0 Å². The van der Waals surface area contributed by atoms with Crippen molar-refractivity contribution < 1.29 is 19.4 Å². The van der Waals surface area contributed by atoms with Gasteiger partial charge in [-0.05, 0) is 37.1 Å². The highest BCUT2D eigenvalue weighted by molar-refractivity contribution is 5.88. The third kappa shape index (κ3) is 4.29. The van der Waals surface area contributed by atoms with Gasteiger partial charge >= 0.3 is 5.97 Å². The zero-order chi connectivity index (χ0) is 17.6. The maximum atomic E-state index is 12.2. The lowest BCUT2D eigenvalue weighted by molar-refractivity contribution is -0.144. The standard InChI is InChI=1S/C20H23NO4/c22-19(15-8-10-16(11-9-15)20(23)24)21-12-13-25-18-7-3-5-14-4-1-2-6-17(14)18/h1-7,15-16H,8-13H2,(H,21,22)(H,23,24). The number of ether oxygens (including phenoxy) is 1. The summed E-state index contributed by atoms with van der Waals surface area (Å²) in [6, 6.07) is 13.9. The summed E-state index contributed by atoms with van der Waals surface area (Å²) < 4.78 is 5.81. The Morgan fingerprint density at radius 3 is 2.44 bits per heavy atom. The number of hydrogen-bond acceptors (Lipinski definition) is 3. The van der Waals surface area contributed by atoms with Crippen molar-refractivity contribution >= 4 is 22.6 Å². The van der Waals surface area contributed by atoms with Crippen LogP contribution < -0.4 is 10.1 Å². The lowest BCUT2D eigenvalue weighted by Gasteiger charge is -2.25. The number of aliphatic carboxylic acids is 1. The Bertz CT molecular complexity index is 745. The fraction of sp³-hybridized carbons (Fsp3) is 0.400. The minimum absolute atomic E-state index is 0.00496. The second-order valence-electron chi connectivity index (χ2n) is 6.50. The molecule has 2 N–H and O–H groups in total. The molecule has 5 nitrogen and oxygen atoms in total. The maximum Gasteiger partial charge on any atom is 0.306 e. The SMILES string of the molecule is O=C(O)C1CCC(C(=O)NCCOc2cccc3ccccc23)CC1. The average molecular weight is 341 g/mol. The first kappa shape index (κ1) is 17.3. The van der Waals surface area contributed by atoms with Gasteiger partial charge in [-0.3, -0.25) is 9.59 Å². The van der Waals surface area contributed by atoms with Crippen LogP contribution in [0.3, 0.4) is 0 Å². The van der Waals surface area contributed by atoms with Crippen molar-refractivity contribution in [1.82, 2.24) is 5.32 Å². The molecule has 1 amide bonds. The largest absolute Gasteiger partial charge is 0.491 e. The monoisotopic (exact) mass is 341 g/mol. The second kappa shape index (κ2) is 8.01. The first-order valence-corrected chi connectivity index (χ1v) is 8.76. The molecule has 0 bridgehead atoms. The summed E-state index contributed by atoms with van der Waals surface area (Å²) in [5, 5.41) is 14.1. The molecule has 0 unspecified atom stereocenters. The number of carbonyl (C=O) groups excluding carboxylic acids is 1. The van der Waals surface area contributed by atoms with E-state index in [1.165, 1.54) is 0 Å². The Morgan fingerprint density at radius 1 is 1.00 bits per heavy atom. The van der Waals surface area contributed by atoms with Crippen molar-refractivity contribution in [2.75, 3.05) is 13.2 Å². The van der Waals surface area contributed by atoms with E-state index < -0.39 is 5.97 Å². The van der Waals surface area contributed by atoms with Crippen LogP contribution in [-0.4, -0.2) is 30.1 Å². The van der Waals surface area contributed by atoms with Gasteiger partial charge in [-0.25, -0.2) is 0 Å². The molecule has 1 aliphatic carbocycles. The minimum atomic E-state index is -0.748. The van der Waals surface area contributed by atoms with Crippen LogP contribution >= 0.6 is 0 Å². The van der Waals surface area contributed by atoms with Crippen molar-refractivity contribution in [3.63, 3.8) is 0 Å². The Morgan fingerprint density at radius 2 is 1.68 bits per heavy atom. The molecule has 132 valence electrons. The molecule has 5 heteroatoms. The smallest absolute Gasteiger partial charge is 0.306 e. The molecule has 1 aliphatic rings. The first-order valence-electron chi connectivity index (χ1n) is 8.76. The number of nitrogens with one attached hydrogen (secondary N) is 1. The molecular formula is C20H23NO4.